The Bertz CT molecular complexity index is 2950. The Labute approximate surface area is 380 Å². The number of esters is 2. The van der Waals surface area contributed by atoms with Crippen molar-refractivity contribution in [1.29, 1.82) is 0 Å². The molecule has 0 atom stereocenters. The predicted molar refractivity (Wildman–Crippen MR) is 259 cm³/mol. The molecule has 0 bridgehead atoms. The van der Waals surface area contributed by atoms with Gasteiger partial charge in [-0.25, -0.2) is 14.2 Å². The lowest BCUT2D eigenvalue weighted by Gasteiger charge is -2.14. The maximum Gasteiger partial charge on any atom is 0.337 e. The molecule has 9 rings (SSSR count). The molecule has 8 nitrogen and oxygen atoms in total. The van der Waals surface area contributed by atoms with E-state index in [9.17, 15) is 9.59 Å². The molecule has 4 heterocycles. The molecule has 0 saturated heterocycles. The number of thiazole rings is 1. The van der Waals surface area contributed by atoms with Crippen LogP contribution in [0.2, 0.25) is 0 Å². The van der Waals surface area contributed by atoms with E-state index in [1.807, 2.05) is 60.4 Å². The van der Waals surface area contributed by atoms with Crippen molar-refractivity contribution in [3.8, 4) is 0 Å². The van der Waals surface area contributed by atoms with E-state index >= 15 is 0 Å². The zero-order chi connectivity index (χ0) is 44.0. The fourth-order valence-corrected chi connectivity index (χ4v) is 10.5. The largest absolute Gasteiger partial charge is 0.465 e. The number of nitrogens with zero attached hydrogens (tertiary/aromatic N) is 4. The average Bonchev–Trinajstić information content (AvgIpc) is 3.94. The van der Waals surface area contributed by atoms with Gasteiger partial charge in [0.15, 0.2) is 12.4 Å². The van der Waals surface area contributed by atoms with Gasteiger partial charge in [0.1, 0.15) is 18.8 Å². The number of pyridine rings is 1. The molecule has 63 heavy (non-hydrogen) atoms. The number of thioether (sulfide) groups is 2. The van der Waals surface area contributed by atoms with Crippen LogP contribution in [-0.2, 0) is 23.6 Å². The van der Waals surface area contributed by atoms with Gasteiger partial charge < -0.3 is 19.3 Å². The van der Waals surface area contributed by atoms with Gasteiger partial charge in [-0.05, 0) is 101 Å². The second kappa shape index (κ2) is 19.2. The van der Waals surface area contributed by atoms with Crippen molar-refractivity contribution >= 4 is 91.7 Å². The standard InChI is InChI=1S/C27H23N2O2S2.C25H23N2O2S/c1-28-21-8-4-6-10-23(21)32-25(28)16-20(18-12-14-19(15-13-18)27(30)31-3)17-26-29(2)22-9-5-7-11-24(22)33-26;1-26-14-12-18(13-15-26)16-21(19-8-10-20(11-9-19)25(28)29-3)17-24-27(2)22-6-4-5-7-23(22)30-24/h4-17H,1-3H3;4-17H,1-3H3/q2*+1. The Kier molecular flexibility index (Phi) is 13.1. The first-order valence-electron chi connectivity index (χ1n) is 20.2. The van der Waals surface area contributed by atoms with Crippen molar-refractivity contribution in [1.82, 2.24) is 0 Å². The molecule has 0 saturated carbocycles. The lowest BCUT2D eigenvalue weighted by Crippen LogP contribution is -2.28. The van der Waals surface area contributed by atoms with Gasteiger partial charge in [0, 0.05) is 48.2 Å². The van der Waals surface area contributed by atoms with Gasteiger partial charge in [-0.1, -0.05) is 95.5 Å². The molecule has 0 N–H and O–H groups in total. The quantitative estimate of drug-likeness (QED) is 0.110. The molecule has 0 spiro atoms. The number of methoxy groups -OCH3 is 2. The SMILES string of the molecule is COC(=O)c1ccc(C(=C\c2sc3ccccc3[n+]2C)/C=C2/Sc3ccccc3N2C)cc1.COC(=O)c1ccc(C(=Cc2cc[n+](C)cc2)C=C2Sc3ccccc3N2C)cc1. The second-order valence-corrected chi connectivity index (χ2v) is 18.0. The maximum absolute atomic E-state index is 11.9. The van der Waals surface area contributed by atoms with E-state index in [1.165, 1.54) is 45.6 Å². The summed E-state index contributed by atoms with van der Waals surface area (Å²) in [5, 5.41) is 3.47. The lowest BCUT2D eigenvalue weighted by atomic mass is 10.0. The molecule has 0 fully saturated rings. The monoisotopic (exact) mass is 886 g/mol. The van der Waals surface area contributed by atoms with E-state index in [2.05, 4.69) is 145 Å². The van der Waals surface area contributed by atoms with Gasteiger partial charge in [-0.2, -0.15) is 4.57 Å². The summed E-state index contributed by atoms with van der Waals surface area (Å²) in [5.74, 6) is -0.662. The van der Waals surface area contributed by atoms with Crippen molar-refractivity contribution in [2.24, 2.45) is 14.1 Å². The van der Waals surface area contributed by atoms with Crippen molar-refractivity contribution in [2.45, 2.75) is 9.79 Å². The number of allylic oxidation sites excluding steroid dienone is 4. The second-order valence-electron chi connectivity index (χ2n) is 14.8. The number of aryl methyl sites for hydroxylation is 2. The van der Waals surface area contributed by atoms with Crippen LogP contribution < -0.4 is 18.9 Å². The van der Waals surface area contributed by atoms with E-state index in [0.717, 1.165) is 42.9 Å². The molecule has 2 aliphatic heterocycles. The maximum atomic E-state index is 11.9. The van der Waals surface area contributed by atoms with Crippen LogP contribution in [0.5, 0.6) is 0 Å². The van der Waals surface area contributed by atoms with Gasteiger partial charge in [0.25, 0.3) is 5.01 Å². The number of hydrogen-bond acceptors (Lipinski definition) is 9. The summed E-state index contributed by atoms with van der Waals surface area (Å²) in [7, 11) is 11.1. The van der Waals surface area contributed by atoms with Crippen LogP contribution in [-0.4, -0.2) is 40.3 Å². The van der Waals surface area contributed by atoms with Crippen molar-refractivity contribution in [3.63, 3.8) is 0 Å². The van der Waals surface area contributed by atoms with Crippen molar-refractivity contribution in [2.75, 3.05) is 38.1 Å². The Balaban J connectivity index is 0.000000174. The zero-order valence-electron chi connectivity index (χ0n) is 35.8. The number of hydrogen-bond donors (Lipinski definition) is 0. The number of benzene rings is 5. The third-order valence-electron chi connectivity index (χ3n) is 10.8. The number of rotatable bonds is 8. The molecule has 7 aromatic rings. The van der Waals surface area contributed by atoms with E-state index in [-0.39, 0.29) is 11.9 Å². The van der Waals surface area contributed by atoms with Crippen molar-refractivity contribution < 1.29 is 28.2 Å². The highest BCUT2D eigenvalue weighted by Crippen LogP contribution is 2.47. The van der Waals surface area contributed by atoms with Crippen LogP contribution in [0.15, 0.2) is 178 Å². The molecular formula is C52H46N4O4S3+2. The molecule has 11 heteroatoms. The van der Waals surface area contributed by atoms with Crippen molar-refractivity contribution in [3.05, 3.63) is 201 Å². The molecule has 5 aromatic carbocycles. The van der Waals surface area contributed by atoms with Gasteiger partial charge >= 0.3 is 11.9 Å². The summed E-state index contributed by atoms with van der Waals surface area (Å²) >= 11 is 5.29. The third-order valence-corrected chi connectivity index (χ3v) is 14.3. The van der Waals surface area contributed by atoms with E-state index in [4.69, 9.17) is 9.47 Å². The fraction of sp³-hybridized carbons (Fsp3) is 0.115. The van der Waals surface area contributed by atoms with Crippen LogP contribution in [0.1, 0.15) is 42.4 Å². The first kappa shape index (κ1) is 43.0. The molecule has 0 unspecified atom stereocenters. The fourth-order valence-electron chi connectivity index (χ4n) is 7.18. The first-order valence-corrected chi connectivity index (χ1v) is 22.6. The number of aromatic nitrogens is 2. The highest BCUT2D eigenvalue weighted by atomic mass is 32.2. The summed E-state index contributed by atoms with van der Waals surface area (Å²) < 4.78 is 15.2. The number of ether oxygens (including phenoxy) is 2. The minimum Gasteiger partial charge on any atom is -0.465 e. The summed E-state index contributed by atoms with van der Waals surface area (Å²) in [6, 6.07) is 44.6. The lowest BCUT2D eigenvalue weighted by molar-refractivity contribution is -0.671. The topological polar surface area (TPSA) is 66.8 Å². The zero-order valence-corrected chi connectivity index (χ0v) is 38.3. The third kappa shape index (κ3) is 9.56. The molecule has 2 aromatic heterocycles. The molecule has 0 radical (unpaired) electrons. The Morgan fingerprint density at radius 3 is 1.48 bits per heavy atom. The van der Waals surface area contributed by atoms with Crippen LogP contribution in [0.4, 0.5) is 11.4 Å². The summed E-state index contributed by atoms with van der Waals surface area (Å²) in [6.45, 7) is 0. The van der Waals surface area contributed by atoms with Crippen LogP contribution in [0.3, 0.4) is 0 Å². The van der Waals surface area contributed by atoms with Gasteiger partial charge in [-0.3, -0.25) is 0 Å². The highest BCUT2D eigenvalue weighted by molar-refractivity contribution is 8.04. The molecular weight excluding hydrogens is 841 g/mol. The number of anilines is 2. The first-order chi connectivity index (χ1) is 30.6. The van der Waals surface area contributed by atoms with Gasteiger partial charge in [0.2, 0.25) is 5.52 Å². The minimum atomic E-state index is -0.331. The molecule has 2 aliphatic rings. The number of para-hydroxylation sites is 3. The molecule has 0 amide bonds. The number of carbonyl (C=O) groups is 2. The van der Waals surface area contributed by atoms with Gasteiger partial charge in [0.05, 0.1) is 46.8 Å². The van der Waals surface area contributed by atoms with E-state index in [0.29, 0.717) is 11.1 Å². The summed E-state index contributed by atoms with van der Waals surface area (Å²) in [4.78, 5) is 30.7. The highest BCUT2D eigenvalue weighted by Gasteiger charge is 2.24. The van der Waals surface area contributed by atoms with Crippen LogP contribution in [0.25, 0.3) is 33.5 Å². The normalized spacial score (nSPS) is 14.7. The van der Waals surface area contributed by atoms with Crippen LogP contribution >= 0.6 is 34.9 Å². The Morgan fingerprint density at radius 2 is 1.00 bits per heavy atom. The Hall–Kier alpha value is -6.66. The van der Waals surface area contributed by atoms with Crippen LogP contribution in [0, 0.1) is 0 Å². The number of fused-ring (bicyclic) bond motifs is 3. The summed E-state index contributed by atoms with van der Waals surface area (Å²) in [5.41, 5.74) is 10.0. The molecule has 0 aliphatic carbocycles. The van der Waals surface area contributed by atoms with E-state index < -0.39 is 0 Å². The van der Waals surface area contributed by atoms with E-state index in [1.54, 1.807) is 47.0 Å². The minimum absolute atomic E-state index is 0.331. The number of carbonyl (C=O) groups excluding carboxylic acids is 2. The smallest absolute Gasteiger partial charge is 0.337 e. The predicted octanol–water partition coefficient (Wildman–Crippen LogP) is 11.1. The summed E-state index contributed by atoms with van der Waals surface area (Å²) in [6.07, 6.45) is 12.9. The Morgan fingerprint density at radius 1 is 0.556 bits per heavy atom. The van der Waals surface area contributed by atoms with Gasteiger partial charge in [-0.15, -0.1) is 0 Å². The average molecular weight is 887 g/mol. The molecule has 314 valence electrons.